The van der Waals surface area contributed by atoms with Crippen LogP contribution in [0.15, 0.2) is 127 Å². The number of hydrogen-bond donors (Lipinski definition) is 18. The Balaban J connectivity index is 0.996. The van der Waals surface area contributed by atoms with Crippen LogP contribution in [0.5, 0.6) is 46.0 Å². The minimum absolute atomic E-state index is 0.165. The quantitative estimate of drug-likeness (QED) is 0.0296. The van der Waals surface area contributed by atoms with Crippen molar-refractivity contribution in [3.8, 4) is 68.2 Å². The fourth-order valence-electron chi connectivity index (χ4n) is 18.1. The summed E-state index contributed by atoms with van der Waals surface area (Å²) in [6.45, 7) is 8.24. The normalized spacial score (nSPS) is 27.8. The smallest absolute Gasteiger partial charge is 0.330 e. The maximum atomic E-state index is 16.9. The molecule has 0 aliphatic carbocycles. The second-order valence-corrected chi connectivity index (χ2v) is 38.1. The number of aliphatic hydroxyl groups excluding tert-OH is 6. The third-order valence-electron chi connectivity index (χ3n) is 25.7. The van der Waals surface area contributed by atoms with Gasteiger partial charge in [-0.25, -0.2) is 4.79 Å². The summed E-state index contributed by atoms with van der Waals surface area (Å²) in [7, 11) is 1.19. The zero-order chi connectivity index (χ0) is 102. The molecule has 0 saturated carbocycles. The third kappa shape index (κ3) is 24.0. The van der Waals surface area contributed by atoms with Crippen LogP contribution in [0.3, 0.4) is 0 Å². The second-order valence-electron chi connectivity index (χ2n) is 36.8. The number of aliphatic hydroxyl groups is 6. The van der Waals surface area contributed by atoms with E-state index in [4.69, 9.17) is 84.2 Å². The second kappa shape index (κ2) is 44.0. The van der Waals surface area contributed by atoms with Gasteiger partial charge >= 0.3 is 11.9 Å². The number of hydrogen-bond acceptors (Lipinski definition) is 31. The highest BCUT2D eigenvalue weighted by atomic mass is 35.5. The lowest BCUT2D eigenvalue weighted by Gasteiger charge is -2.48. The summed E-state index contributed by atoms with van der Waals surface area (Å²) in [4.78, 5) is 177. The van der Waals surface area contributed by atoms with Gasteiger partial charge in [0, 0.05) is 97.4 Å². The van der Waals surface area contributed by atoms with Crippen molar-refractivity contribution in [2.75, 3.05) is 26.7 Å². The Hall–Kier alpha value is -12.1. The van der Waals surface area contributed by atoms with E-state index in [2.05, 4.69) is 26.6 Å². The van der Waals surface area contributed by atoms with E-state index < -0.39 is 340 Å². The largest absolute Gasteiger partial charge is 0.508 e. The highest BCUT2D eigenvalue weighted by Gasteiger charge is 2.54. The summed E-state index contributed by atoms with van der Waals surface area (Å²) < 4.78 is 53.2. The van der Waals surface area contributed by atoms with Crippen molar-refractivity contribution >= 4 is 105 Å². The molecule has 40 nitrogen and oxygen atoms in total. The molecule has 8 aliphatic heterocycles. The van der Waals surface area contributed by atoms with Gasteiger partial charge in [0.25, 0.3) is 0 Å². The molecule has 11 bridgehead atoms. The zero-order valence-corrected chi connectivity index (χ0v) is 79.3. The lowest BCUT2D eigenvalue weighted by atomic mass is 9.84. The first-order valence-corrected chi connectivity index (χ1v) is 46.1. The SMILES string of the molecule is CC(=O)CN(CC(=O)O)C(=O)CCC(=O)N(C)C(CC(C)C)C(=O)NC1C(=O)CC(CC(N)=O)C(=O)NC2C(=O)CC3C(=O)NC(C(=O)NC(C(=O)O)c4cc(O)cc(O)c4-c4cc3ccc4O)C(OC3CC(C)(N)C(O)C(C)O3)c3ccc(c(Cl)c3)Oc3cc2cc(c3OC2OC(CO)C(O)C(O)C2OC2CC(C)(NCc3ccc(-c4ccc(Cl)cc4)cc3)C(O)C(C)O2)Oc2ccc(cc2Cl)C1O. The maximum Gasteiger partial charge on any atom is 0.330 e. The van der Waals surface area contributed by atoms with Gasteiger partial charge in [0.1, 0.15) is 95.8 Å². The monoisotopic (exact) mass is 2000 g/mol. The third-order valence-corrected chi connectivity index (χ3v) is 26.5. The van der Waals surface area contributed by atoms with Crippen molar-refractivity contribution in [1.82, 2.24) is 36.4 Å². The molecule has 20 N–H and O–H groups in total. The number of aliphatic carboxylic acids is 2. The number of halogens is 3. The fraction of sp³-hybridized carbons (Fsp3) is 0.443. The molecule has 3 saturated heterocycles. The van der Waals surface area contributed by atoms with Gasteiger partial charge in [-0.1, -0.05) is 103 Å². The molecule has 140 heavy (non-hydrogen) atoms. The first kappa shape index (κ1) is 105. The van der Waals surface area contributed by atoms with Gasteiger partial charge in [0.05, 0.1) is 59.4 Å². The summed E-state index contributed by atoms with van der Waals surface area (Å²) in [6, 6.07) is 18.0. The molecule has 8 aliphatic rings. The molecule has 7 aromatic carbocycles. The summed E-state index contributed by atoms with van der Waals surface area (Å²) >= 11 is 21.0. The van der Waals surface area contributed by atoms with Crippen molar-refractivity contribution in [2.24, 2.45) is 23.3 Å². The lowest BCUT2D eigenvalue weighted by Crippen LogP contribution is -2.65. The Morgan fingerprint density at radius 3 is 1.85 bits per heavy atom. The van der Waals surface area contributed by atoms with E-state index in [0.29, 0.717) is 5.02 Å². The number of nitrogens with zero attached hydrogens (tertiary/aromatic N) is 2. The average molecular weight is 2000 g/mol. The first-order chi connectivity index (χ1) is 66.1. The van der Waals surface area contributed by atoms with E-state index in [1.165, 1.54) is 39.1 Å². The number of nitrogens with two attached hydrogens (primary N) is 2. The van der Waals surface area contributed by atoms with Crippen LogP contribution in [0.25, 0.3) is 22.3 Å². The van der Waals surface area contributed by atoms with Crippen molar-refractivity contribution in [1.29, 1.82) is 0 Å². The Kier molecular flexibility index (Phi) is 33.1. The predicted octanol–water partition coefficient (Wildman–Crippen LogP) is 5.99. The molecule has 7 amide bonds. The zero-order valence-electron chi connectivity index (χ0n) is 77.0. The van der Waals surface area contributed by atoms with Gasteiger partial charge in [0.15, 0.2) is 47.8 Å². The highest BCUT2D eigenvalue weighted by Crippen LogP contribution is 2.52. The number of aromatic hydroxyl groups is 3. The predicted molar refractivity (Wildman–Crippen MR) is 496 cm³/mol. The average Bonchev–Trinajstić information content (AvgIpc) is 0.759. The summed E-state index contributed by atoms with van der Waals surface area (Å²) in [6.07, 6.45) is -27.7. The number of carboxylic acids is 2. The molecule has 750 valence electrons. The van der Waals surface area contributed by atoms with E-state index >= 15 is 28.8 Å². The number of carbonyl (C=O) groups is 12. The number of amides is 7. The van der Waals surface area contributed by atoms with Gasteiger partial charge in [-0.05, 0) is 153 Å². The molecular weight excluding hydrogens is 1890 g/mol. The topological polar surface area (TPSA) is 620 Å². The number of carbonyl (C=O) groups excluding carboxylic acids is 10. The van der Waals surface area contributed by atoms with Gasteiger partial charge in [-0.3, -0.25) is 52.7 Å². The van der Waals surface area contributed by atoms with Crippen molar-refractivity contribution in [3.63, 3.8) is 0 Å². The highest BCUT2D eigenvalue weighted by molar-refractivity contribution is 6.32. The summed E-state index contributed by atoms with van der Waals surface area (Å²) in [5, 5.41) is 141. The maximum absolute atomic E-state index is 16.9. The Morgan fingerprint density at radius 2 is 1.25 bits per heavy atom. The standard InChI is InChI=1S/C97H110Cl3N9O31/c1-42(2)25-61(108(8)72(118)23-24-73(119)109(39-43(3)111)40-74(120)121)92(129)106-80-64(115)29-53(32-71(101)117)90(127)104-78-52-30-68(135-66-21-16-50(82(80)122)27-59(66)99)86(140-95-87(84(124)83(123)70(41-110)137-95)139-76-37-97(7,89(126)45(5)134-76)103-38-46-9-11-47(12-10-46)48-13-18-54(98)19-14-48)69(31-52)136-67-22-17-51(28-60(67)100)85(138-75-36-96(6,102)88(125)44(4)133-75)81-93(130)105-79(94(131)132)58-33-55(112)34-63(114)77(58)57-26-49(15-20-62(57)113)56(35-65(78)116)91(128)107-81/h9-22,26-28,30-31,33-34,42,44-45,53,56,61,70,75-76,78-85,87-89,95,103,110,112-114,122-126H,23-25,29,32,35-41,102H2,1-8H3,(H2,101,117)(H,104,127)(H,105,130)(H,106,129)(H,107,128)(H,120,121)(H,131,132). The van der Waals surface area contributed by atoms with Crippen molar-refractivity contribution in [2.45, 2.75) is 233 Å². The van der Waals surface area contributed by atoms with Crippen LogP contribution < -0.4 is 52.3 Å². The molecule has 3 fully saturated rings. The van der Waals surface area contributed by atoms with Gasteiger partial charge in [0.2, 0.25) is 53.4 Å². The van der Waals surface area contributed by atoms with E-state index in [1.54, 1.807) is 39.8 Å². The first-order valence-electron chi connectivity index (χ1n) is 45.0. The van der Waals surface area contributed by atoms with Gasteiger partial charge in [-0.15, -0.1) is 0 Å². The Morgan fingerprint density at radius 1 is 0.643 bits per heavy atom. The summed E-state index contributed by atoms with van der Waals surface area (Å²) in [5.74, 6) is -24.7. The number of phenols is 3. The van der Waals surface area contributed by atoms with Gasteiger partial charge < -0.3 is 142 Å². The number of phenolic OH excluding ortho intramolecular Hbond substituents is 3. The van der Waals surface area contributed by atoms with Crippen LogP contribution in [0, 0.1) is 11.8 Å². The minimum atomic E-state index is -2.36. The molecule has 0 aromatic heterocycles. The lowest BCUT2D eigenvalue weighted by molar-refractivity contribution is -0.334. The minimum Gasteiger partial charge on any atom is -0.508 e. The number of fused-ring (bicyclic) bond motifs is 15. The van der Waals surface area contributed by atoms with E-state index in [9.17, 15) is 84.9 Å². The molecule has 0 spiro atoms. The van der Waals surface area contributed by atoms with Crippen LogP contribution >= 0.6 is 34.8 Å². The number of ketones is 3. The van der Waals surface area contributed by atoms with Crippen LogP contribution in [0.4, 0.5) is 0 Å². The summed E-state index contributed by atoms with van der Waals surface area (Å²) in [5.41, 5.74) is 9.53. The van der Waals surface area contributed by atoms with Crippen LogP contribution in [-0.2, 0) is 87.8 Å². The fourth-order valence-corrected chi connectivity index (χ4v) is 18.7. The molecule has 7 aromatic rings. The van der Waals surface area contributed by atoms with Crippen LogP contribution in [0.1, 0.15) is 163 Å². The number of rotatable bonds is 26. The van der Waals surface area contributed by atoms with Gasteiger partial charge in [-0.2, -0.15) is 0 Å². The van der Waals surface area contributed by atoms with Crippen LogP contribution in [-0.4, -0.2) is 260 Å². The van der Waals surface area contributed by atoms with E-state index in [-0.39, 0.29) is 42.5 Å². The molecule has 22 atom stereocenters. The van der Waals surface area contributed by atoms with Crippen LogP contribution in [0.2, 0.25) is 15.1 Å². The van der Waals surface area contributed by atoms with Crippen molar-refractivity contribution < 1.29 is 152 Å². The molecule has 22 unspecified atom stereocenters. The Labute approximate surface area is 816 Å². The molecule has 15 rings (SSSR count). The van der Waals surface area contributed by atoms with Crippen molar-refractivity contribution in [3.05, 3.63) is 176 Å². The number of benzene rings is 7. The number of nitrogens with one attached hydrogen (secondary N) is 5. The molecular formula is C97H110Cl3N9O31. The number of carboxylic acid groups (broad SMARTS) is 2. The van der Waals surface area contributed by atoms with E-state index in [0.717, 1.165) is 94.1 Å². The number of likely N-dealkylation sites (N-methyl/N-ethyl adjacent to an activating group) is 1. The number of Topliss-reactive ketones (excluding diaryl/α,β-unsaturated/α-hetero) is 3. The molecule has 0 radical (unpaired) electrons. The Bertz CT molecular complexity index is 5880. The molecule has 8 heterocycles. The molecule has 43 heteroatoms. The number of primary amides is 1. The van der Waals surface area contributed by atoms with E-state index in [1.807, 2.05) is 36.4 Å². The number of ether oxygens (including phenoxy) is 8.